The normalized spacial score (nSPS) is 26.6. The van der Waals surface area contributed by atoms with E-state index >= 15 is 0 Å². The summed E-state index contributed by atoms with van der Waals surface area (Å²) in [5.41, 5.74) is 0.554. The van der Waals surface area contributed by atoms with Crippen molar-refractivity contribution in [2.45, 2.75) is 82.0 Å². The molecular weight excluding hydrogens is 431 g/mol. The number of benzene rings is 1. The summed E-state index contributed by atoms with van der Waals surface area (Å²) in [6.07, 6.45) is 8.56. The van der Waals surface area contributed by atoms with E-state index in [1.807, 2.05) is 0 Å². The summed E-state index contributed by atoms with van der Waals surface area (Å²) < 4.78 is 48.1. The maximum absolute atomic E-state index is 14.6. The van der Waals surface area contributed by atoms with Gasteiger partial charge in [-0.2, -0.15) is 4.39 Å². The minimum absolute atomic E-state index is 0.0326. The Hall–Kier alpha value is -2.61. The number of hydrogen-bond donors (Lipinski definition) is 2. The van der Waals surface area contributed by atoms with Gasteiger partial charge in [0.05, 0.1) is 0 Å². The molecule has 0 saturated heterocycles. The Kier molecular flexibility index (Phi) is 7.22. The molecule has 2 aliphatic rings. The number of carbonyl (C=O) groups is 1. The van der Waals surface area contributed by atoms with Gasteiger partial charge in [0.25, 0.3) is 0 Å². The molecular formula is C25H30F3N3O2. The molecule has 1 amide bonds. The van der Waals surface area contributed by atoms with E-state index < -0.39 is 17.6 Å². The second kappa shape index (κ2) is 10.1. The number of carbonyl (C=O) groups excluding carboxylic acids is 1. The maximum Gasteiger partial charge on any atom is 0.219 e. The molecule has 2 aliphatic carbocycles. The standard InChI is InChI=1S/C25H30F3N3O2/c1-2-7-25(30-15-32)8-5-18(6-9-25)31-22-13-19(22)20-11-17(26)12-21(27)23(20)33-14-16-4-3-10-29-24(16)28/h3-4,10-12,15,18-19,22,31H,2,5-9,13-14H2,1H3,(H,30,32)/t18?,19?,22-,25?/m1/s1. The fraction of sp³-hybridized carbons (Fsp3) is 0.520. The van der Waals surface area contributed by atoms with Crippen molar-refractivity contribution in [2.75, 3.05) is 0 Å². The first-order valence-electron chi connectivity index (χ1n) is 11.6. The van der Waals surface area contributed by atoms with Gasteiger partial charge >= 0.3 is 0 Å². The van der Waals surface area contributed by atoms with Crippen LogP contribution in [0.15, 0.2) is 30.5 Å². The Bertz CT molecular complexity index is 979. The number of hydrogen-bond acceptors (Lipinski definition) is 4. The fourth-order valence-electron chi connectivity index (χ4n) is 5.12. The monoisotopic (exact) mass is 461 g/mol. The highest BCUT2D eigenvalue weighted by Crippen LogP contribution is 2.47. The highest BCUT2D eigenvalue weighted by molar-refractivity contribution is 5.48. The molecule has 1 aromatic heterocycles. The van der Waals surface area contributed by atoms with E-state index in [4.69, 9.17) is 4.74 Å². The zero-order valence-electron chi connectivity index (χ0n) is 18.8. The molecule has 0 aliphatic heterocycles. The van der Waals surface area contributed by atoms with E-state index in [-0.39, 0.29) is 35.4 Å². The van der Waals surface area contributed by atoms with Gasteiger partial charge in [-0.05, 0) is 56.7 Å². The van der Waals surface area contributed by atoms with Crippen LogP contribution < -0.4 is 15.4 Å². The second-order valence-corrected chi connectivity index (χ2v) is 9.23. The summed E-state index contributed by atoms with van der Waals surface area (Å²) in [4.78, 5) is 14.6. The van der Waals surface area contributed by atoms with Gasteiger partial charge in [0.2, 0.25) is 12.4 Å². The minimum Gasteiger partial charge on any atom is -0.485 e. The van der Waals surface area contributed by atoms with Crippen molar-refractivity contribution in [3.8, 4) is 5.75 Å². The number of ether oxygens (including phenoxy) is 1. The maximum atomic E-state index is 14.6. The second-order valence-electron chi connectivity index (χ2n) is 9.23. The van der Waals surface area contributed by atoms with E-state index in [0.29, 0.717) is 11.6 Å². The predicted molar refractivity (Wildman–Crippen MR) is 118 cm³/mol. The number of aromatic nitrogens is 1. The van der Waals surface area contributed by atoms with Crippen molar-refractivity contribution in [1.29, 1.82) is 0 Å². The summed E-state index contributed by atoms with van der Waals surface area (Å²) in [5.74, 6) is -2.22. The van der Waals surface area contributed by atoms with Crippen LogP contribution in [-0.4, -0.2) is 29.0 Å². The van der Waals surface area contributed by atoms with Gasteiger partial charge in [-0.25, -0.2) is 13.8 Å². The number of pyridine rings is 1. The summed E-state index contributed by atoms with van der Waals surface area (Å²) in [6.45, 7) is 1.93. The molecule has 33 heavy (non-hydrogen) atoms. The molecule has 1 unspecified atom stereocenters. The van der Waals surface area contributed by atoms with Gasteiger partial charge in [-0.3, -0.25) is 4.79 Å². The van der Waals surface area contributed by atoms with Crippen LogP contribution in [-0.2, 0) is 11.4 Å². The summed E-state index contributed by atoms with van der Waals surface area (Å²) in [5, 5.41) is 6.66. The molecule has 5 nitrogen and oxygen atoms in total. The zero-order chi connectivity index (χ0) is 23.4. The van der Waals surface area contributed by atoms with Crippen molar-refractivity contribution < 1.29 is 22.7 Å². The molecule has 2 N–H and O–H groups in total. The van der Waals surface area contributed by atoms with E-state index in [2.05, 4.69) is 22.5 Å². The highest BCUT2D eigenvalue weighted by atomic mass is 19.1. The van der Waals surface area contributed by atoms with Crippen molar-refractivity contribution in [1.82, 2.24) is 15.6 Å². The van der Waals surface area contributed by atoms with E-state index in [1.54, 1.807) is 6.07 Å². The molecule has 1 heterocycles. The van der Waals surface area contributed by atoms with Crippen LogP contribution in [0.25, 0.3) is 0 Å². The lowest BCUT2D eigenvalue weighted by molar-refractivity contribution is -0.111. The van der Waals surface area contributed by atoms with Gasteiger partial charge < -0.3 is 15.4 Å². The molecule has 8 heteroatoms. The van der Waals surface area contributed by atoms with E-state index in [9.17, 15) is 18.0 Å². The Morgan fingerprint density at radius 3 is 2.73 bits per heavy atom. The largest absolute Gasteiger partial charge is 0.485 e. The minimum atomic E-state index is -0.790. The lowest BCUT2D eigenvalue weighted by Crippen LogP contribution is -2.50. The number of nitrogens with zero attached hydrogens (tertiary/aromatic N) is 1. The van der Waals surface area contributed by atoms with Gasteiger partial charge in [0, 0.05) is 46.9 Å². The van der Waals surface area contributed by atoms with Crippen LogP contribution in [0.5, 0.6) is 5.75 Å². The topological polar surface area (TPSA) is 63.2 Å². The quantitative estimate of drug-likeness (QED) is 0.396. The Morgan fingerprint density at radius 2 is 2.03 bits per heavy atom. The molecule has 178 valence electrons. The fourth-order valence-corrected chi connectivity index (χ4v) is 5.12. The lowest BCUT2D eigenvalue weighted by Gasteiger charge is -2.40. The molecule has 4 rings (SSSR count). The molecule has 2 aromatic rings. The molecule has 0 radical (unpaired) electrons. The van der Waals surface area contributed by atoms with Crippen molar-refractivity contribution in [2.24, 2.45) is 0 Å². The van der Waals surface area contributed by atoms with Gasteiger partial charge in [0.1, 0.15) is 12.4 Å². The van der Waals surface area contributed by atoms with Gasteiger partial charge in [-0.1, -0.05) is 13.3 Å². The zero-order valence-corrected chi connectivity index (χ0v) is 18.8. The van der Waals surface area contributed by atoms with Gasteiger partial charge in [0.15, 0.2) is 11.6 Å². The highest BCUT2D eigenvalue weighted by Gasteiger charge is 2.43. The van der Waals surface area contributed by atoms with Crippen LogP contribution in [0.1, 0.15) is 68.9 Å². The van der Waals surface area contributed by atoms with Crippen LogP contribution in [0.2, 0.25) is 0 Å². The molecule has 2 fully saturated rings. The number of halogens is 3. The molecule has 0 spiro atoms. The molecule has 1 aromatic carbocycles. The van der Waals surface area contributed by atoms with Crippen LogP contribution in [0.3, 0.4) is 0 Å². The first kappa shape index (κ1) is 23.5. The number of rotatable bonds is 10. The first-order valence-corrected chi connectivity index (χ1v) is 11.6. The Morgan fingerprint density at radius 1 is 1.24 bits per heavy atom. The average Bonchev–Trinajstić information content (AvgIpc) is 3.55. The number of amides is 1. The van der Waals surface area contributed by atoms with E-state index in [1.165, 1.54) is 18.3 Å². The summed E-state index contributed by atoms with van der Waals surface area (Å²) in [6, 6.07) is 5.60. The average molecular weight is 462 g/mol. The van der Waals surface area contributed by atoms with Gasteiger partial charge in [-0.15, -0.1) is 0 Å². The van der Waals surface area contributed by atoms with E-state index in [0.717, 1.165) is 57.4 Å². The van der Waals surface area contributed by atoms with Crippen molar-refractivity contribution in [3.63, 3.8) is 0 Å². The van der Waals surface area contributed by atoms with Crippen LogP contribution >= 0.6 is 0 Å². The first-order chi connectivity index (χ1) is 15.9. The summed E-state index contributed by atoms with van der Waals surface area (Å²) >= 11 is 0. The third-order valence-electron chi connectivity index (χ3n) is 6.92. The Labute approximate surface area is 192 Å². The van der Waals surface area contributed by atoms with Crippen molar-refractivity contribution in [3.05, 3.63) is 59.2 Å². The molecule has 2 atom stereocenters. The Balaban J connectivity index is 1.39. The SMILES string of the molecule is CCCC1(NC=O)CCC(N[C@@H]2CC2c2cc(F)cc(F)c2OCc2cccnc2F)CC1. The smallest absolute Gasteiger partial charge is 0.219 e. The third-order valence-corrected chi connectivity index (χ3v) is 6.92. The molecule has 0 bridgehead atoms. The predicted octanol–water partition coefficient (Wildman–Crippen LogP) is 4.75. The van der Waals surface area contributed by atoms with Crippen LogP contribution in [0.4, 0.5) is 13.2 Å². The summed E-state index contributed by atoms with van der Waals surface area (Å²) in [7, 11) is 0. The molecule has 2 saturated carbocycles. The van der Waals surface area contributed by atoms with Crippen molar-refractivity contribution >= 4 is 6.41 Å². The third kappa shape index (κ3) is 5.49. The van der Waals surface area contributed by atoms with Crippen LogP contribution in [0, 0.1) is 17.6 Å². The lowest BCUT2D eigenvalue weighted by atomic mass is 9.76. The number of nitrogens with one attached hydrogen (secondary N) is 2.